The Morgan fingerprint density at radius 3 is 2.73 bits per heavy atom. The topological polar surface area (TPSA) is 37.4 Å². The Labute approximate surface area is 87.5 Å². The first-order valence-electron chi connectivity index (χ1n) is 4.59. The van der Waals surface area contributed by atoms with Gasteiger partial charge in [0.25, 0.3) is 5.91 Å². The molecule has 0 aromatic heterocycles. The Kier molecular flexibility index (Phi) is 3.97. The van der Waals surface area contributed by atoms with Gasteiger partial charge in [-0.25, -0.2) is 4.39 Å². The predicted octanol–water partition coefficient (Wildman–Crippen LogP) is 1.03. The molecule has 0 fully saturated rings. The second-order valence-corrected chi connectivity index (χ2v) is 3.22. The van der Waals surface area contributed by atoms with Crippen molar-refractivity contribution in [2.24, 2.45) is 0 Å². The van der Waals surface area contributed by atoms with Gasteiger partial charge in [0.05, 0.1) is 0 Å². The van der Waals surface area contributed by atoms with Crippen LogP contribution in [0.4, 0.5) is 4.39 Å². The van der Waals surface area contributed by atoms with Crippen LogP contribution in [0.2, 0.25) is 0 Å². The van der Waals surface area contributed by atoms with Crippen LogP contribution in [0.1, 0.15) is 5.56 Å². The van der Waals surface area contributed by atoms with Crippen molar-refractivity contribution in [3.05, 3.63) is 35.6 Å². The summed E-state index contributed by atoms with van der Waals surface area (Å²) in [5.74, 6) is -0.879. The lowest BCUT2D eigenvalue weighted by Crippen LogP contribution is -2.29. The summed E-state index contributed by atoms with van der Waals surface area (Å²) in [5.41, 5.74) is 0.544. The molecule has 0 N–H and O–H groups in total. The quantitative estimate of drug-likeness (QED) is 0.548. The average molecular weight is 209 g/mol. The van der Waals surface area contributed by atoms with Crippen LogP contribution in [0.15, 0.2) is 24.3 Å². The van der Waals surface area contributed by atoms with Crippen LogP contribution >= 0.6 is 0 Å². The largest absolute Gasteiger partial charge is 0.339 e. The number of halogens is 1. The standard InChI is InChI=1S/C11H12FNO2/c1-13(11(15)8-14)7-6-9-4-2-3-5-10(9)12/h2-5,8H,6-7H2,1H3. The molecule has 3 nitrogen and oxygen atoms in total. The number of carbonyl (C=O) groups is 2. The molecule has 1 aromatic rings. The molecule has 0 unspecified atom stereocenters. The van der Waals surface area contributed by atoms with Crippen LogP contribution in [0.5, 0.6) is 0 Å². The van der Waals surface area contributed by atoms with Crippen molar-refractivity contribution in [1.82, 2.24) is 4.90 Å². The van der Waals surface area contributed by atoms with Gasteiger partial charge in [-0.3, -0.25) is 9.59 Å². The Balaban J connectivity index is 2.54. The van der Waals surface area contributed by atoms with E-state index in [1.54, 1.807) is 18.2 Å². The molecule has 0 spiro atoms. The van der Waals surface area contributed by atoms with E-state index in [4.69, 9.17) is 0 Å². The normalized spacial score (nSPS) is 9.73. The summed E-state index contributed by atoms with van der Waals surface area (Å²) in [5, 5.41) is 0. The van der Waals surface area contributed by atoms with Gasteiger partial charge < -0.3 is 4.90 Å². The zero-order valence-corrected chi connectivity index (χ0v) is 8.44. The number of hydrogen-bond acceptors (Lipinski definition) is 2. The first-order chi connectivity index (χ1) is 7.15. The number of carbonyl (C=O) groups excluding carboxylic acids is 2. The van der Waals surface area contributed by atoms with Crippen LogP contribution in [0.3, 0.4) is 0 Å². The minimum absolute atomic E-state index is 0.251. The zero-order chi connectivity index (χ0) is 11.3. The molecule has 0 aliphatic heterocycles. The van der Waals surface area contributed by atoms with Crippen molar-refractivity contribution >= 4 is 12.2 Å². The van der Waals surface area contributed by atoms with Crippen molar-refractivity contribution in [3.63, 3.8) is 0 Å². The van der Waals surface area contributed by atoms with Crippen LogP contribution in [-0.4, -0.2) is 30.7 Å². The van der Waals surface area contributed by atoms with Gasteiger partial charge in [-0.2, -0.15) is 0 Å². The highest BCUT2D eigenvalue weighted by atomic mass is 19.1. The molecular weight excluding hydrogens is 197 g/mol. The number of hydrogen-bond donors (Lipinski definition) is 0. The van der Waals surface area contributed by atoms with Gasteiger partial charge in [-0.05, 0) is 18.1 Å². The SMILES string of the molecule is CN(CCc1ccccc1F)C(=O)C=O. The number of benzene rings is 1. The summed E-state index contributed by atoms with van der Waals surface area (Å²) in [6.45, 7) is 0.332. The third kappa shape index (κ3) is 3.16. The number of aldehydes is 1. The summed E-state index contributed by atoms with van der Waals surface area (Å²) in [4.78, 5) is 22.3. The monoisotopic (exact) mass is 209 g/mol. The fourth-order valence-electron chi connectivity index (χ4n) is 1.19. The maximum Gasteiger partial charge on any atom is 0.286 e. The van der Waals surface area contributed by atoms with Gasteiger partial charge in [0.15, 0.2) is 0 Å². The van der Waals surface area contributed by atoms with E-state index >= 15 is 0 Å². The molecule has 0 aliphatic carbocycles. The molecule has 1 rings (SSSR count). The highest BCUT2D eigenvalue weighted by molar-refractivity contribution is 6.23. The maximum atomic E-state index is 13.2. The lowest BCUT2D eigenvalue weighted by Gasteiger charge is -2.13. The lowest BCUT2D eigenvalue weighted by atomic mass is 10.1. The van der Waals surface area contributed by atoms with E-state index in [1.165, 1.54) is 18.0 Å². The molecule has 0 atom stereocenters. The zero-order valence-electron chi connectivity index (χ0n) is 8.44. The number of rotatable bonds is 4. The third-order valence-electron chi connectivity index (χ3n) is 2.15. The molecule has 1 aromatic carbocycles. The average Bonchev–Trinajstić information content (AvgIpc) is 2.26. The fourth-order valence-corrected chi connectivity index (χ4v) is 1.19. The first kappa shape index (κ1) is 11.4. The molecule has 4 heteroatoms. The van der Waals surface area contributed by atoms with Crippen LogP contribution in [-0.2, 0) is 16.0 Å². The number of amides is 1. The van der Waals surface area contributed by atoms with Gasteiger partial charge in [-0.15, -0.1) is 0 Å². The second-order valence-electron chi connectivity index (χ2n) is 3.22. The second kappa shape index (κ2) is 5.24. The van der Waals surface area contributed by atoms with Gasteiger partial charge in [0.1, 0.15) is 5.82 Å². The molecule has 0 saturated carbocycles. The molecular formula is C11H12FNO2. The lowest BCUT2D eigenvalue weighted by molar-refractivity contribution is -0.137. The Morgan fingerprint density at radius 2 is 2.13 bits per heavy atom. The first-order valence-corrected chi connectivity index (χ1v) is 4.59. The summed E-state index contributed by atoms with van der Waals surface area (Å²) >= 11 is 0. The maximum absolute atomic E-state index is 13.2. The van der Waals surface area contributed by atoms with E-state index in [1.807, 2.05) is 0 Å². The summed E-state index contributed by atoms with van der Waals surface area (Å²) < 4.78 is 13.2. The highest BCUT2D eigenvalue weighted by Crippen LogP contribution is 2.07. The molecule has 0 radical (unpaired) electrons. The van der Waals surface area contributed by atoms with Crippen molar-refractivity contribution in [2.75, 3.05) is 13.6 Å². The molecule has 1 amide bonds. The van der Waals surface area contributed by atoms with Crippen molar-refractivity contribution in [2.45, 2.75) is 6.42 Å². The molecule has 0 bridgehead atoms. The van der Waals surface area contributed by atoms with Crippen LogP contribution in [0.25, 0.3) is 0 Å². The Hall–Kier alpha value is -1.71. The van der Waals surface area contributed by atoms with E-state index < -0.39 is 5.91 Å². The molecule has 0 saturated heterocycles. The summed E-state index contributed by atoms with van der Waals surface area (Å²) in [7, 11) is 1.51. The van der Waals surface area contributed by atoms with Crippen LogP contribution in [0, 0.1) is 5.82 Å². The fraction of sp³-hybridized carbons (Fsp3) is 0.273. The predicted molar refractivity (Wildman–Crippen MR) is 53.8 cm³/mol. The number of likely N-dealkylation sites (N-methyl/N-ethyl adjacent to an activating group) is 1. The Bertz CT molecular complexity index is 365. The van der Waals surface area contributed by atoms with E-state index in [0.717, 1.165) is 0 Å². The molecule has 80 valence electrons. The van der Waals surface area contributed by atoms with Crippen molar-refractivity contribution in [1.29, 1.82) is 0 Å². The van der Waals surface area contributed by atoms with Gasteiger partial charge in [0, 0.05) is 13.6 Å². The minimum atomic E-state index is -0.591. The third-order valence-corrected chi connectivity index (χ3v) is 2.15. The summed E-state index contributed by atoms with van der Waals surface area (Å²) in [6, 6.07) is 6.38. The van der Waals surface area contributed by atoms with Gasteiger partial charge in [0.2, 0.25) is 6.29 Å². The smallest absolute Gasteiger partial charge is 0.286 e. The molecule has 0 aliphatic rings. The van der Waals surface area contributed by atoms with E-state index in [0.29, 0.717) is 18.5 Å². The van der Waals surface area contributed by atoms with E-state index in [-0.39, 0.29) is 12.1 Å². The van der Waals surface area contributed by atoms with E-state index in [2.05, 4.69) is 0 Å². The molecule has 15 heavy (non-hydrogen) atoms. The highest BCUT2D eigenvalue weighted by Gasteiger charge is 2.07. The van der Waals surface area contributed by atoms with E-state index in [9.17, 15) is 14.0 Å². The molecule has 0 heterocycles. The Morgan fingerprint density at radius 1 is 1.47 bits per heavy atom. The van der Waals surface area contributed by atoms with Gasteiger partial charge >= 0.3 is 0 Å². The van der Waals surface area contributed by atoms with Crippen molar-refractivity contribution in [3.8, 4) is 0 Å². The number of nitrogens with zero attached hydrogens (tertiary/aromatic N) is 1. The minimum Gasteiger partial charge on any atom is -0.339 e. The van der Waals surface area contributed by atoms with Crippen LogP contribution < -0.4 is 0 Å². The summed E-state index contributed by atoms with van der Waals surface area (Å²) in [6.07, 6.45) is 0.657. The van der Waals surface area contributed by atoms with Gasteiger partial charge in [-0.1, -0.05) is 18.2 Å². The van der Waals surface area contributed by atoms with Crippen molar-refractivity contribution < 1.29 is 14.0 Å².